The number of pyridine rings is 1. The van der Waals surface area contributed by atoms with Crippen LogP contribution in [0.4, 0.5) is 11.8 Å². The van der Waals surface area contributed by atoms with Crippen molar-refractivity contribution < 1.29 is 4.74 Å². The predicted octanol–water partition coefficient (Wildman–Crippen LogP) is 3.13. The molecule has 0 amide bonds. The molecule has 0 atom stereocenters. The van der Waals surface area contributed by atoms with E-state index in [4.69, 9.17) is 15.5 Å². The third-order valence-electron chi connectivity index (χ3n) is 4.40. The lowest BCUT2D eigenvalue weighted by Gasteiger charge is -2.28. The van der Waals surface area contributed by atoms with Crippen LogP contribution in [-0.4, -0.2) is 41.3 Å². The monoisotopic (exact) mass is 359 g/mol. The van der Waals surface area contributed by atoms with Gasteiger partial charge in [-0.25, -0.2) is 15.0 Å². The van der Waals surface area contributed by atoms with Crippen LogP contribution in [0.3, 0.4) is 0 Å². The second kappa shape index (κ2) is 7.97. The first-order valence-electron chi connectivity index (χ1n) is 8.94. The van der Waals surface area contributed by atoms with Gasteiger partial charge in [0.1, 0.15) is 5.82 Å². The molecule has 27 heavy (non-hydrogen) atoms. The van der Waals surface area contributed by atoms with Crippen molar-refractivity contribution in [2.75, 3.05) is 36.9 Å². The quantitative estimate of drug-likeness (QED) is 0.771. The van der Waals surface area contributed by atoms with Gasteiger partial charge in [0.15, 0.2) is 0 Å². The van der Waals surface area contributed by atoms with Crippen LogP contribution in [0.15, 0.2) is 54.9 Å². The van der Waals surface area contributed by atoms with Gasteiger partial charge in [0, 0.05) is 31.0 Å². The Morgan fingerprint density at radius 2 is 1.63 bits per heavy atom. The van der Waals surface area contributed by atoms with Crippen LogP contribution >= 0.6 is 0 Å². The van der Waals surface area contributed by atoms with E-state index in [1.54, 1.807) is 12.4 Å². The van der Waals surface area contributed by atoms with Crippen LogP contribution < -0.4 is 10.6 Å². The van der Waals surface area contributed by atoms with Crippen LogP contribution in [-0.2, 0) is 4.74 Å². The van der Waals surface area contributed by atoms with Gasteiger partial charge in [-0.05, 0) is 23.3 Å². The molecule has 6 nitrogen and oxygen atoms in total. The first kappa shape index (κ1) is 17.2. The highest BCUT2D eigenvalue weighted by atomic mass is 16.5. The summed E-state index contributed by atoms with van der Waals surface area (Å²) in [6.07, 6.45) is 7.61. The number of benzene rings is 1. The van der Waals surface area contributed by atoms with Gasteiger partial charge in [-0.2, -0.15) is 0 Å². The van der Waals surface area contributed by atoms with Crippen molar-refractivity contribution in [1.82, 2.24) is 15.0 Å². The lowest BCUT2D eigenvalue weighted by atomic mass is 10.1. The minimum atomic E-state index is 0.257. The number of aromatic nitrogens is 3. The van der Waals surface area contributed by atoms with Crippen molar-refractivity contribution in [2.45, 2.75) is 0 Å². The van der Waals surface area contributed by atoms with E-state index < -0.39 is 0 Å². The van der Waals surface area contributed by atoms with Crippen molar-refractivity contribution in [3.63, 3.8) is 0 Å². The molecule has 0 spiro atoms. The number of hydrogen-bond acceptors (Lipinski definition) is 6. The summed E-state index contributed by atoms with van der Waals surface area (Å²) in [6.45, 7) is 3.09. The first-order chi connectivity index (χ1) is 13.3. The Morgan fingerprint density at radius 3 is 2.37 bits per heavy atom. The van der Waals surface area contributed by atoms with Crippen LogP contribution in [0.5, 0.6) is 0 Å². The first-order valence-corrected chi connectivity index (χ1v) is 8.94. The summed E-state index contributed by atoms with van der Waals surface area (Å²) >= 11 is 0. The molecule has 3 aromatic rings. The highest BCUT2D eigenvalue weighted by Crippen LogP contribution is 2.24. The van der Waals surface area contributed by atoms with Gasteiger partial charge in [0.2, 0.25) is 5.95 Å². The number of nitrogens with two attached hydrogens (primary N) is 1. The van der Waals surface area contributed by atoms with E-state index in [9.17, 15) is 0 Å². The Balaban J connectivity index is 1.71. The van der Waals surface area contributed by atoms with Crippen LogP contribution in [0.25, 0.3) is 23.4 Å². The van der Waals surface area contributed by atoms with Gasteiger partial charge in [-0.15, -0.1) is 0 Å². The van der Waals surface area contributed by atoms with Gasteiger partial charge in [0.25, 0.3) is 0 Å². The molecule has 1 fully saturated rings. The molecule has 0 saturated carbocycles. The number of hydrogen-bond donors (Lipinski definition) is 1. The van der Waals surface area contributed by atoms with Crippen LogP contribution in [0, 0.1) is 0 Å². The van der Waals surface area contributed by atoms with Crippen molar-refractivity contribution in [3.05, 3.63) is 66.0 Å². The molecule has 2 N–H and O–H groups in total. The number of morpholine rings is 1. The van der Waals surface area contributed by atoms with Crippen molar-refractivity contribution in [1.29, 1.82) is 0 Å². The van der Waals surface area contributed by atoms with Crippen molar-refractivity contribution in [3.8, 4) is 11.3 Å². The maximum absolute atomic E-state index is 5.62. The zero-order chi connectivity index (χ0) is 18.5. The number of anilines is 2. The normalized spacial score (nSPS) is 14.6. The van der Waals surface area contributed by atoms with Gasteiger partial charge >= 0.3 is 0 Å². The highest BCUT2D eigenvalue weighted by Gasteiger charge is 2.14. The summed E-state index contributed by atoms with van der Waals surface area (Å²) in [6, 6.07) is 14.4. The van der Waals surface area contributed by atoms with Gasteiger partial charge in [-0.1, -0.05) is 42.5 Å². The molecule has 3 heterocycles. The Morgan fingerprint density at radius 1 is 0.926 bits per heavy atom. The molecule has 1 aliphatic rings. The molecule has 0 aliphatic carbocycles. The fourth-order valence-corrected chi connectivity index (χ4v) is 2.96. The summed E-state index contributed by atoms with van der Waals surface area (Å²) in [4.78, 5) is 15.3. The Labute approximate surface area is 158 Å². The molecule has 6 heteroatoms. The number of rotatable bonds is 4. The zero-order valence-electron chi connectivity index (χ0n) is 15.0. The largest absolute Gasteiger partial charge is 0.378 e. The van der Waals surface area contributed by atoms with Gasteiger partial charge in [-0.3, -0.25) is 0 Å². The third kappa shape index (κ3) is 4.30. The molecule has 0 bridgehead atoms. The second-order valence-corrected chi connectivity index (χ2v) is 6.32. The molecular weight excluding hydrogens is 338 g/mol. The summed E-state index contributed by atoms with van der Waals surface area (Å²) in [5, 5.41) is 0. The van der Waals surface area contributed by atoms with Gasteiger partial charge in [0.05, 0.1) is 18.9 Å². The second-order valence-electron chi connectivity index (χ2n) is 6.32. The van der Waals surface area contributed by atoms with E-state index in [-0.39, 0.29) is 5.95 Å². The minimum absolute atomic E-state index is 0.257. The number of nitrogens with zero attached hydrogens (tertiary/aromatic N) is 4. The Kier molecular flexibility index (Phi) is 5.07. The topological polar surface area (TPSA) is 77.2 Å². The van der Waals surface area contributed by atoms with E-state index in [0.29, 0.717) is 13.2 Å². The SMILES string of the molecule is Nc1ncc(-c2cc(C=Cc3ccccc3)cc(N3CCOCC3)n2)cn1. The predicted molar refractivity (Wildman–Crippen MR) is 108 cm³/mol. The number of nitrogen functional groups attached to an aromatic ring is 1. The van der Waals surface area contributed by atoms with Crippen molar-refractivity contribution >= 4 is 23.9 Å². The lowest BCUT2D eigenvalue weighted by Crippen LogP contribution is -2.36. The number of ether oxygens (including phenoxy) is 1. The molecule has 0 radical (unpaired) electrons. The van der Waals surface area contributed by atoms with Gasteiger partial charge < -0.3 is 15.4 Å². The van der Waals surface area contributed by atoms with E-state index in [2.05, 4.69) is 45.2 Å². The Bertz CT molecular complexity index is 919. The summed E-state index contributed by atoms with van der Waals surface area (Å²) in [7, 11) is 0. The maximum Gasteiger partial charge on any atom is 0.219 e. The molecule has 1 aliphatic heterocycles. The Hall–Kier alpha value is -3.25. The highest BCUT2D eigenvalue weighted by molar-refractivity contribution is 5.74. The smallest absolute Gasteiger partial charge is 0.219 e. The molecular formula is C21H21N5O. The van der Waals surface area contributed by atoms with E-state index >= 15 is 0 Å². The summed E-state index contributed by atoms with van der Waals surface area (Å²) in [5.74, 6) is 1.19. The summed E-state index contributed by atoms with van der Waals surface area (Å²) < 4.78 is 5.47. The third-order valence-corrected chi connectivity index (χ3v) is 4.40. The molecule has 4 rings (SSSR count). The standard InChI is InChI=1S/C21H21N5O/c22-21-23-14-18(15-24-21)19-12-17(7-6-16-4-2-1-3-5-16)13-20(25-19)26-8-10-27-11-9-26/h1-7,12-15H,8-11H2,(H2,22,23,24). The molecule has 0 unspecified atom stereocenters. The average molecular weight is 359 g/mol. The fraction of sp³-hybridized carbons (Fsp3) is 0.190. The zero-order valence-corrected chi connectivity index (χ0v) is 15.0. The fourth-order valence-electron chi connectivity index (χ4n) is 2.96. The molecule has 1 aromatic carbocycles. The molecule has 136 valence electrons. The molecule has 1 saturated heterocycles. The summed E-state index contributed by atoms with van der Waals surface area (Å²) in [5.41, 5.74) is 9.51. The average Bonchev–Trinajstić information content (AvgIpc) is 2.74. The molecule has 2 aromatic heterocycles. The van der Waals surface area contributed by atoms with E-state index in [0.717, 1.165) is 41.3 Å². The lowest BCUT2D eigenvalue weighted by molar-refractivity contribution is 0.122. The van der Waals surface area contributed by atoms with E-state index in [1.807, 2.05) is 24.3 Å². The van der Waals surface area contributed by atoms with E-state index in [1.165, 1.54) is 0 Å². The minimum Gasteiger partial charge on any atom is -0.378 e. The van der Waals surface area contributed by atoms with Crippen LogP contribution in [0.2, 0.25) is 0 Å². The maximum atomic E-state index is 5.62. The van der Waals surface area contributed by atoms with Crippen molar-refractivity contribution in [2.24, 2.45) is 0 Å². The van der Waals surface area contributed by atoms with Crippen LogP contribution in [0.1, 0.15) is 11.1 Å².